The van der Waals surface area contributed by atoms with E-state index in [-0.39, 0.29) is 25.1 Å². The Morgan fingerprint density at radius 2 is 1.90 bits per heavy atom. The average molecular weight is 419 g/mol. The van der Waals surface area contributed by atoms with Gasteiger partial charge in [-0.15, -0.1) is 22.6 Å². The van der Waals surface area contributed by atoms with Crippen molar-refractivity contribution in [2.24, 2.45) is 0 Å². The number of amides is 1. The topological polar surface area (TPSA) is 77.0 Å². The molecule has 1 aromatic carbocycles. The van der Waals surface area contributed by atoms with Gasteiger partial charge >= 0.3 is 0 Å². The number of anilines is 1. The van der Waals surface area contributed by atoms with Crippen molar-refractivity contribution in [1.29, 1.82) is 0 Å². The van der Waals surface area contributed by atoms with Gasteiger partial charge in [-0.05, 0) is 36.8 Å². The van der Waals surface area contributed by atoms with E-state index in [1.807, 2.05) is 42.2 Å². The van der Waals surface area contributed by atoms with Gasteiger partial charge in [-0.1, -0.05) is 6.07 Å². The maximum Gasteiger partial charge on any atom is 0.246 e. The summed E-state index contributed by atoms with van der Waals surface area (Å²) in [6.07, 6.45) is 3.40. The van der Waals surface area contributed by atoms with Crippen LogP contribution in [0.2, 0.25) is 0 Å². The van der Waals surface area contributed by atoms with Gasteiger partial charge in [0.05, 0.1) is 6.61 Å². The molecule has 2 aromatic rings. The summed E-state index contributed by atoms with van der Waals surface area (Å²) in [6, 6.07) is 9.34. The SMILES string of the molecule is CCOc1ccc(N2CCN(C(=O)/C=C/c3ccc4c(c3)OCO4)CC2)nn1.Cl. The second kappa shape index (κ2) is 9.47. The van der Waals surface area contributed by atoms with Gasteiger partial charge in [-0.2, -0.15) is 0 Å². The molecule has 1 aromatic heterocycles. The number of ether oxygens (including phenoxy) is 3. The van der Waals surface area contributed by atoms with Crippen molar-refractivity contribution in [3.8, 4) is 17.4 Å². The number of benzene rings is 1. The molecule has 1 amide bonds. The summed E-state index contributed by atoms with van der Waals surface area (Å²) >= 11 is 0. The van der Waals surface area contributed by atoms with E-state index in [2.05, 4.69) is 15.1 Å². The fourth-order valence-electron chi connectivity index (χ4n) is 3.15. The van der Waals surface area contributed by atoms with Gasteiger partial charge in [0.15, 0.2) is 17.3 Å². The number of hydrogen-bond donors (Lipinski definition) is 0. The van der Waals surface area contributed by atoms with Gasteiger partial charge in [0.2, 0.25) is 18.6 Å². The maximum absolute atomic E-state index is 12.5. The van der Waals surface area contributed by atoms with Gasteiger partial charge in [-0.3, -0.25) is 4.79 Å². The summed E-state index contributed by atoms with van der Waals surface area (Å²) in [5, 5.41) is 8.27. The highest BCUT2D eigenvalue weighted by Gasteiger charge is 2.21. The number of rotatable bonds is 5. The van der Waals surface area contributed by atoms with E-state index >= 15 is 0 Å². The third-order valence-electron chi connectivity index (χ3n) is 4.65. The Morgan fingerprint density at radius 3 is 2.62 bits per heavy atom. The third-order valence-corrected chi connectivity index (χ3v) is 4.65. The van der Waals surface area contributed by atoms with E-state index in [0.717, 1.165) is 17.1 Å². The van der Waals surface area contributed by atoms with Crippen molar-refractivity contribution in [2.45, 2.75) is 6.92 Å². The van der Waals surface area contributed by atoms with E-state index in [1.54, 1.807) is 12.2 Å². The smallest absolute Gasteiger partial charge is 0.246 e. The van der Waals surface area contributed by atoms with Crippen LogP contribution in [0.4, 0.5) is 5.82 Å². The molecule has 154 valence electrons. The predicted molar refractivity (Wildman–Crippen MR) is 111 cm³/mol. The highest BCUT2D eigenvalue weighted by Crippen LogP contribution is 2.32. The number of carbonyl (C=O) groups excluding carboxylic acids is 1. The molecule has 2 aliphatic rings. The van der Waals surface area contributed by atoms with Crippen LogP contribution in [0.15, 0.2) is 36.4 Å². The van der Waals surface area contributed by atoms with Gasteiger partial charge in [0, 0.05) is 38.3 Å². The zero-order chi connectivity index (χ0) is 19.3. The quantitative estimate of drug-likeness (QED) is 0.690. The molecule has 4 rings (SSSR count). The maximum atomic E-state index is 12.5. The minimum atomic E-state index is -0.00454. The Kier molecular flexibility index (Phi) is 6.77. The molecule has 3 heterocycles. The molecular weight excluding hydrogens is 396 g/mol. The number of aromatic nitrogens is 2. The first-order valence-electron chi connectivity index (χ1n) is 9.31. The Labute approximate surface area is 175 Å². The fourth-order valence-corrected chi connectivity index (χ4v) is 3.15. The monoisotopic (exact) mass is 418 g/mol. The molecular formula is C20H23ClN4O4. The summed E-state index contributed by atoms with van der Waals surface area (Å²) in [5.74, 6) is 2.76. The molecule has 0 radical (unpaired) electrons. The average Bonchev–Trinajstić information content (AvgIpc) is 3.21. The summed E-state index contributed by atoms with van der Waals surface area (Å²) < 4.78 is 16.0. The summed E-state index contributed by atoms with van der Waals surface area (Å²) in [6.45, 7) is 5.42. The van der Waals surface area contributed by atoms with Crippen molar-refractivity contribution in [3.05, 3.63) is 42.0 Å². The van der Waals surface area contributed by atoms with Crippen molar-refractivity contribution in [2.75, 3.05) is 44.5 Å². The molecule has 0 atom stereocenters. The van der Waals surface area contributed by atoms with Crippen molar-refractivity contribution in [3.63, 3.8) is 0 Å². The second-order valence-corrected chi connectivity index (χ2v) is 6.42. The van der Waals surface area contributed by atoms with Gasteiger partial charge < -0.3 is 24.0 Å². The largest absolute Gasteiger partial charge is 0.477 e. The van der Waals surface area contributed by atoms with E-state index in [0.29, 0.717) is 44.4 Å². The standard InChI is InChI=1S/C20H22N4O4.ClH/c1-2-26-19-7-6-18(21-22-19)23-9-11-24(12-10-23)20(25)8-4-15-3-5-16-17(13-15)28-14-27-16;/h3-8,13H,2,9-12,14H2,1H3;1H/b8-4+;. The molecule has 2 aliphatic heterocycles. The van der Waals surface area contributed by atoms with Crippen LogP contribution < -0.4 is 19.1 Å². The third kappa shape index (κ3) is 4.89. The van der Waals surface area contributed by atoms with Crippen molar-refractivity contribution in [1.82, 2.24) is 15.1 Å². The molecule has 0 unspecified atom stereocenters. The van der Waals surface area contributed by atoms with Gasteiger partial charge in [-0.25, -0.2) is 0 Å². The van der Waals surface area contributed by atoms with Crippen LogP contribution in [0, 0.1) is 0 Å². The predicted octanol–water partition coefficient (Wildman–Crippen LogP) is 2.39. The van der Waals surface area contributed by atoms with Crippen LogP contribution in [0.5, 0.6) is 17.4 Å². The van der Waals surface area contributed by atoms with Gasteiger partial charge in [0.1, 0.15) is 0 Å². The van der Waals surface area contributed by atoms with Gasteiger partial charge in [0.25, 0.3) is 0 Å². The zero-order valence-corrected chi connectivity index (χ0v) is 16.9. The minimum Gasteiger partial charge on any atom is -0.477 e. The molecule has 0 aliphatic carbocycles. The van der Waals surface area contributed by atoms with Crippen LogP contribution in [-0.2, 0) is 4.79 Å². The molecule has 1 saturated heterocycles. The first-order valence-corrected chi connectivity index (χ1v) is 9.31. The highest BCUT2D eigenvalue weighted by molar-refractivity contribution is 5.92. The molecule has 9 heteroatoms. The number of nitrogens with zero attached hydrogens (tertiary/aromatic N) is 4. The molecule has 0 N–H and O–H groups in total. The van der Waals surface area contributed by atoms with Crippen LogP contribution in [0.3, 0.4) is 0 Å². The number of halogens is 1. The van der Waals surface area contributed by atoms with E-state index < -0.39 is 0 Å². The van der Waals surface area contributed by atoms with Crippen molar-refractivity contribution >= 4 is 30.2 Å². The van der Waals surface area contributed by atoms with E-state index in [4.69, 9.17) is 14.2 Å². The number of carbonyl (C=O) groups is 1. The van der Waals surface area contributed by atoms with E-state index in [9.17, 15) is 4.79 Å². The van der Waals surface area contributed by atoms with E-state index in [1.165, 1.54) is 0 Å². The fraction of sp³-hybridized carbons (Fsp3) is 0.350. The molecule has 0 bridgehead atoms. The number of hydrogen-bond acceptors (Lipinski definition) is 7. The Hall–Kier alpha value is -3.00. The first kappa shape index (κ1) is 20.7. The zero-order valence-electron chi connectivity index (χ0n) is 16.1. The van der Waals surface area contributed by atoms with Crippen molar-refractivity contribution < 1.29 is 19.0 Å². The number of fused-ring (bicyclic) bond motifs is 1. The van der Waals surface area contributed by atoms with Crippen LogP contribution in [0.1, 0.15) is 12.5 Å². The Balaban J connectivity index is 0.00000240. The lowest BCUT2D eigenvalue weighted by molar-refractivity contribution is -0.126. The van der Waals surface area contributed by atoms with Crippen LogP contribution in [0.25, 0.3) is 6.08 Å². The summed E-state index contributed by atoms with van der Waals surface area (Å²) in [7, 11) is 0. The molecule has 0 saturated carbocycles. The molecule has 1 fully saturated rings. The first-order chi connectivity index (χ1) is 13.7. The lowest BCUT2D eigenvalue weighted by atomic mass is 10.2. The van der Waals surface area contributed by atoms with Crippen LogP contribution >= 0.6 is 12.4 Å². The number of piperazine rings is 1. The highest BCUT2D eigenvalue weighted by atomic mass is 35.5. The lowest BCUT2D eigenvalue weighted by Gasteiger charge is -2.34. The molecule has 29 heavy (non-hydrogen) atoms. The Morgan fingerprint density at radius 1 is 1.10 bits per heavy atom. The lowest BCUT2D eigenvalue weighted by Crippen LogP contribution is -2.48. The molecule has 0 spiro atoms. The normalized spacial score (nSPS) is 15.3. The van der Waals surface area contributed by atoms with Crippen LogP contribution in [-0.4, -0.2) is 60.6 Å². The minimum absolute atomic E-state index is 0. The summed E-state index contributed by atoms with van der Waals surface area (Å²) in [4.78, 5) is 16.4. The Bertz CT molecular complexity index is 867. The second-order valence-electron chi connectivity index (χ2n) is 6.42. The molecule has 8 nitrogen and oxygen atoms in total. The summed E-state index contributed by atoms with van der Waals surface area (Å²) in [5.41, 5.74) is 0.904.